The van der Waals surface area contributed by atoms with Crippen LogP contribution < -0.4 is 5.32 Å². The van der Waals surface area contributed by atoms with Gasteiger partial charge in [0.2, 0.25) is 0 Å². The van der Waals surface area contributed by atoms with Crippen LogP contribution in [0.5, 0.6) is 0 Å². The molecule has 0 fully saturated rings. The number of nitrogens with one attached hydrogen (secondary N) is 1. The largest absolute Gasteiger partial charge is 0.344 e. The first-order chi connectivity index (χ1) is 27.2. The number of rotatable bonds is 7. The second-order valence-electron chi connectivity index (χ2n) is 13.9. The standard InChI is InChI=1S/C48H36N6S/c1-6-17-31(18-7-1)37-27-16-28-38-39-29-36(47-51-43(32-19-8-2-9-20-32)49-44(52-47)33-21-10-3-11-22-33)30-40(42(39)55-41(37)38)48-53-45(34-23-12-4-13-24-34)50-46(54-48)35-25-14-5-15-26-35/h2-6,8-30,38,41,48H,1,7H2,(H,50,53,54)/t38-,41?/m0/s1. The molecular formula is C48H36N6S. The molecule has 1 N–H and O–H groups in total. The summed E-state index contributed by atoms with van der Waals surface area (Å²) in [5.41, 5.74) is 9.81. The van der Waals surface area contributed by atoms with E-state index in [1.807, 2.05) is 84.6 Å². The molecule has 0 spiro atoms. The first kappa shape index (κ1) is 33.2. The van der Waals surface area contributed by atoms with E-state index in [1.165, 1.54) is 21.6 Å². The molecule has 55 heavy (non-hydrogen) atoms. The van der Waals surface area contributed by atoms with Crippen LogP contribution in [0.3, 0.4) is 0 Å². The van der Waals surface area contributed by atoms with Crippen LogP contribution in [0, 0.1) is 0 Å². The topological polar surface area (TPSA) is 75.4 Å². The molecule has 0 saturated heterocycles. The zero-order chi connectivity index (χ0) is 36.6. The number of hydrogen-bond donors (Lipinski definition) is 1. The van der Waals surface area contributed by atoms with Crippen molar-refractivity contribution >= 4 is 23.4 Å². The summed E-state index contributed by atoms with van der Waals surface area (Å²) >= 11 is 1.94. The van der Waals surface area contributed by atoms with Gasteiger partial charge >= 0.3 is 0 Å². The van der Waals surface area contributed by atoms with Crippen LogP contribution in [0.25, 0.3) is 34.2 Å². The molecule has 0 bridgehead atoms. The molecule has 2 aliphatic carbocycles. The summed E-state index contributed by atoms with van der Waals surface area (Å²) in [6, 6.07) is 45.4. The van der Waals surface area contributed by atoms with Crippen molar-refractivity contribution in [3.8, 4) is 34.2 Å². The van der Waals surface area contributed by atoms with Gasteiger partial charge in [0, 0.05) is 49.4 Å². The van der Waals surface area contributed by atoms with E-state index in [0.717, 1.165) is 52.1 Å². The van der Waals surface area contributed by atoms with E-state index < -0.39 is 6.17 Å². The molecule has 0 saturated carbocycles. The molecule has 3 heterocycles. The zero-order valence-corrected chi connectivity index (χ0v) is 30.8. The van der Waals surface area contributed by atoms with Crippen LogP contribution in [0.15, 0.2) is 196 Å². The smallest absolute Gasteiger partial charge is 0.164 e. The summed E-state index contributed by atoms with van der Waals surface area (Å²) in [4.78, 5) is 27.0. The first-order valence-corrected chi connectivity index (χ1v) is 19.6. The Labute approximate surface area is 325 Å². The number of allylic oxidation sites excluding steroid dienone is 7. The minimum absolute atomic E-state index is 0.169. The SMILES string of the molecule is C1=C[C@H]2c3cc(-c4nc(-c5ccccc5)nc(-c5ccccc5)n4)cc(C4N=C(c5ccccc5)N=C(c5ccccc5)N4)c3SC2C(C2=CCCC=C2)=C1. The Hall–Kier alpha value is -6.44. The van der Waals surface area contributed by atoms with E-state index in [4.69, 9.17) is 24.9 Å². The molecule has 0 radical (unpaired) electrons. The van der Waals surface area contributed by atoms with Crippen LogP contribution in [0.1, 0.15) is 47.2 Å². The van der Waals surface area contributed by atoms with E-state index in [-0.39, 0.29) is 11.2 Å². The summed E-state index contributed by atoms with van der Waals surface area (Å²) in [6.07, 6.45) is 15.6. The predicted octanol–water partition coefficient (Wildman–Crippen LogP) is 10.7. The number of thioether (sulfide) groups is 1. The lowest BCUT2D eigenvalue weighted by Gasteiger charge is -2.25. The van der Waals surface area contributed by atoms with Gasteiger partial charge in [-0.05, 0) is 41.7 Å². The van der Waals surface area contributed by atoms with Crippen LogP contribution >= 0.6 is 11.8 Å². The van der Waals surface area contributed by atoms with Gasteiger partial charge in [0.05, 0.1) is 0 Å². The molecule has 264 valence electrons. The Kier molecular flexibility index (Phi) is 8.69. The highest BCUT2D eigenvalue weighted by Crippen LogP contribution is 2.55. The van der Waals surface area contributed by atoms with Crippen molar-refractivity contribution in [2.45, 2.75) is 35.1 Å². The molecule has 7 heteroatoms. The highest BCUT2D eigenvalue weighted by atomic mass is 32.2. The van der Waals surface area contributed by atoms with Crippen molar-refractivity contribution < 1.29 is 0 Å². The van der Waals surface area contributed by atoms with Gasteiger partial charge in [-0.1, -0.05) is 158 Å². The minimum atomic E-state index is -0.418. The van der Waals surface area contributed by atoms with Crippen LogP contribution in [0.2, 0.25) is 0 Å². The fourth-order valence-corrected chi connectivity index (χ4v) is 9.30. The number of nitrogens with zero attached hydrogens (tertiary/aromatic N) is 5. The maximum absolute atomic E-state index is 5.36. The highest BCUT2D eigenvalue weighted by Gasteiger charge is 2.40. The van der Waals surface area contributed by atoms with Gasteiger partial charge in [-0.25, -0.2) is 24.9 Å². The third kappa shape index (κ3) is 6.47. The maximum atomic E-state index is 5.36. The van der Waals surface area contributed by atoms with Crippen molar-refractivity contribution in [2.75, 3.05) is 0 Å². The molecule has 6 nitrogen and oxygen atoms in total. The molecular weight excluding hydrogens is 693 g/mol. The number of hydrogen-bond acceptors (Lipinski definition) is 7. The van der Waals surface area contributed by atoms with Gasteiger partial charge in [0.25, 0.3) is 0 Å². The molecule has 0 amide bonds. The maximum Gasteiger partial charge on any atom is 0.164 e. The first-order valence-electron chi connectivity index (χ1n) is 18.8. The Morgan fingerprint density at radius 3 is 1.80 bits per heavy atom. The number of aromatic nitrogens is 3. The second kappa shape index (κ2) is 14.4. The lowest BCUT2D eigenvalue weighted by Crippen LogP contribution is -2.33. The van der Waals surface area contributed by atoms with Gasteiger partial charge in [-0.2, -0.15) is 0 Å². The Morgan fingerprint density at radius 2 is 1.18 bits per heavy atom. The van der Waals surface area contributed by atoms with Gasteiger partial charge in [-0.15, -0.1) is 11.8 Å². The Bertz CT molecular complexity index is 2530. The van der Waals surface area contributed by atoms with E-state index in [0.29, 0.717) is 23.3 Å². The molecule has 5 aromatic carbocycles. The summed E-state index contributed by atoms with van der Waals surface area (Å²) in [5.74, 6) is 3.54. The average Bonchev–Trinajstić information content (AvgIpc) is 3.66. The number of amidine groups is 2. The van der Waals surface area contributed by atoms with Crippen LogP contribution in [-0.2, 0) is 0 Å². The molecule has 10 rings (SSSR count). The third-order valence-electron chi connectivity index (χ3n) is 10.4. The Morgan fingerprint density at radius 1 is 0.600 bits per heavy atom. The quantitative estimate of drug-likeness (QED) is 0.177. The number of fused-ring (bicyclic) bond motifs is 3. The third-order valence-corrected chi connectivity index (χ3v) is 11.9. The Balaban J connectivity index is 1.17. The van der Waals surface area contributed by atoms with Crippen LogP contribution in [-0.4, -0.2) is 31.9 Å². The molecule has 3 atom stereocenters. The van der Waals surface area contributed by atoms with Crippen molar-refractivity contribution in [1.82, 2.24) is 20.3 Å². The van der Waals surface area contributed by atoms with E-state index in [2.05, 4.69) is 102 Å². The minimum Gasteiger partial charge on any atom is -0.344 e. The van der Waals surface area contributed by atoms with Crippen molar-refractivity contribution in [2.24, 2.45) is 9.98 Å². The molecule has 2 unspecified atom stereocenters. The molecule has 2 aliphatic heterocycles. The summed E-state index contributed by atoms with van der Waals surface area (Å²) < 4.78 is 0. The van der Waals surface area contributed by atoms with Crippen molar-refractivity contribution in [1.29, 1.82) is 0 Å². The molecule has 6 aromatic rings. The summed E-state index contributed by atoms with van der Waals surface area (Å²) in [7, 11) is 0. The summed E-state index contributed by atoms with van der Waals surface area (Å²) in [5, 5.41) is 3.99. The fraction of sp³-hybridized carbons (Fsp3) is 0.104. The average molecular weight is 729 g/mol. The van der Waals surface area contributed by atoms with Crippen molar-refractivity contribution in [3.63, 3.8) is 0 Å². The van der Waals surface area contributed by atoms with Gasteiger partial charge in [-0.3, -0.25) is 0 Å². The van der Waals surface area contributed by atoms with Gasteiger partial charge in [0.1, 0.15) is 12.0 Å². The van der Waals surface area contributed by atoms with E-state index in [1.54, 1.807) is 0 Å². The predicted molar refractivity (Wildman–Crippen MR) is 224 cm³/mol. The number of aliphatic imine (C=N–C) groups is 2. The zero-order valence-electron chi connectivity index (χ0n) is 30.0. The van der Waals surface area contributed by atoms with Gasteiger partial charge in [0.15, 0.2) is 23.3 Å². The van der Waals surface area contributed by atoms with E-state index >= 15 is 0 Å². The van der Waals surface area contributed by atoms with Crippen molar-refractivity contribution in [3.05, 3.63) is 203 Å². The fourth-order valence-electron chi connectivity index (χ4n) is 7.68. The molecule has 4 aliphatic rings. The highest BCUT2D eigenvalue weighted by molar-refractivity contribution is 8.00. The van der Waals surface area contributed by atoms with E-state index in [9.17, 15) is 0 Å². The second-order valence-corrected chi connectivity index (χ2v) is 15.1. The lowest BCUT2D eigenvalue weighted by molar-refractivity contribution is 0.659. The summed E-state index contributed by atoms with van der Waals surface area (Å²) in [6.45, 7) is 0. The number of benzene rings is 5. The molecule has 1 aromatic heterocycles. The monoisotopic (exact) mass is 728 g/mol. The lowest BCUT2D eigenvalue weighted by atomic mass is 9.83. The van der Waals surface area contributed by atoms with Gasteiger partial charge < -0.3 is 5.32 Å². The normalized spacial score (nSPS) is 19.7. The van der Waals surface area contributed by atoms with Crippen LogP contribution in [0.4, 0.5) is 0 Å².